The average molecular weight is 182 g/mol. The zero-order valence-corrected chi connectivity index (χ0v) is 8.83. The second kappa shape index (κ2) is 7.77. The highest BCUT2D eigenvalue weighted by atomic mass is 16.6. The molecule has 0 bridgehead atoms. The summed E-state index contributed by atoms with van der Waals surface area (Å²) in [5.74, 6) is 0. The van der Waals surface area contributed by atoms with Gasteiger partial charge in [-0.3, -0.25) is 0 Å². The Kier molecular flexibility index (Phi) is 7.26. The van der Waals surface area contributed by atoms with E-state index >= 15 is 0 Å². The van der Waals surface area contributed by atoms with Crippen molar-refractivity contribution in [3.05, 3.63) is 35.4 Å². The number of methoxy groups -OCH3 is 2. The highest BCUT2D eigenvalue weighted by molar-refractivity contribution is 5.19. The van der Waals surface area contributed by atoms with Crippen molar-refractivity contribution < 1.29 is 9.47 Å². The molecule has 0 amide bonds. The van der Waals surface area contributed by atoms with E-state index in [1.807, 2.05) is 0 Å². The summed E-state index contributed by atoms with van der Waals surface area (Å²) in [6, 6.07) is 8.48. The Labute approximate surface area is 80.5 Å². The molecule has 1 rings (SSSR count). The van der Waals surface area contributed by atoms with Gasteiger partial charge in [-0.15, -0.1) is 0 Å². The van der Waals surface area contributed by atoms with Crippen molar-refractivity contribution in [2.45, 2.75) is 13.8 Å². The Bertz CT molecular complexity index is 181. The first kappa shape index (κ1) is 12.1. The lowest BCUT2D eigenvalue weighted by Crippen LogP contribution is -1.87. The summed E-state index contributed by atoms with van der Waals surface area (Å²) < 4.78 is 8.94. The van der Waals surface area contributed by atoms with Gasteiger partial charge in [-0.05, 0) is 13.8 Å². The Hall–Kier alpha value is -0.860. The van der Waals surface area contributed by atoms with Gasteiger partial charge < -0.3 is 9.47 Å². The van der Waals surface area contributed by atoms with E-state index in [1.54, 1.807) is 14.2 Å². The molecule has 2 heteroatoms. The minimum absolute atomic E-state index is 0.389. The maximum Gasteiger partial charge on any atom is 0.145 e. The monoisotopic (exact) mass is 182 g/mol. The molecule has 0 unspecified atom stereocenters. The summed E-state index contributed by atoms with van der Waals surface area (Å²) >= 11 is 0. The molecule has 0 atom stereocenters. The molecular weight excluding hydrogens is 164 g/mol. The van der Waals surface area contributed by atoms with Crippen LogP contribution in [0.3, 0.4) is 0 Å². The largest absolute Gasteiger partial charge is 0.359 e. The van der Waals surface area contributed by atoms with Crippen molar-refractivity contribution in [2.24, 2.45) is 0 Å². The number of hydrogen-bond acceptors (Lipinski definition) is 2. The van der Waals surface area contributed by atoms with E-state index in [-0.39, 0.29) is 0 Å². The van der Waals surface area contributed by atoms with Gasteiger partial charge in [-0.2, -0.15) is 0 Å². The molecular formula is C11H18O2. The zero-order chi connectivity index (χ0) is 10.1. The minimum atomic E-state index is 0.389. The number of hydrogen-bond donors (Lipinski definition) is 0. The normalized spacial score (nSPS) is 8.92. The summed E-state index contributed by atoms with van der Waals surface area (Å²) in [5, 5.41) is 0. The van der Waals surface area contributed by atoms with Crippen molar-refractivity contribution in [2.75, 3.05) is 21.0 Å². The molecule has 0 spiro atoms. The third-order valence-corrected chi connectivity index (χ3v) is 1.45. The van der Waals surface area contributed by atoms with E-state index < -0.39 is 0 Å². The van der Waals surface area contributed by atoms with E-state index in [0.29, 0.717) is 6.79 Å². The molecule has 0 aliphatic heterocycles. The van der Waals surface area contributed by atoms with Crippen LogP contribution in [0, 0.1) is 13.8 Å². The van der Waals surface area contributed by atoms with Crippen molar-refractivity contribution in [1.82, 2.24) is 0 Å². The Balaban J connectivity index is 0.000000252. The van der Waals surface area contributed by atoms with E-state index in [0.717, 1.165) is 0 Å². The molecule has 1 aromatic carbocycles. The predicted octanol–water partition coefficient (Wildman–Crippen LogP) is 2.54. The lowest BCUT2D eigenvalue weighted by Gasteiger charge is -1.90. The lowest BCUT2D eigenvalue weighted by atomic mass is 10.2. The van der Waals surface area contributed by atoms with E-state index in [4.69, 9.17) is 0 Å². The average Bonchev–Trinajstić information content (AvgIpc) is 2.13. The fourth-order valence-corrected chi connectivity index (χ4v) is 0.755. The molecule has 0 aromatic heterocycles. The first-order chi connectivity index (χ1) is 6.20. The zero-order valence-electron chi connectivity index (χ0n) is 8.83. The van der Waals surface area contributed by atoms with Gasteiger partial charge >= 0.3 is 0 Å². The van der Waals surface area contributed by atoms with E-state index in [1.165, 1.54) is 11.1 Å². The highest BCUT2D eigenvalue weighted by Crippen LogP contribution is 1.99. The summed E-state index contributed by atoms with van der Waals surface area (Å²) in [6.45, 7) is 4.58. The number of ether oxygens (including phenoxy) is 2. The number of rotatable bonds is 2. The maximum absolute atomic E-state index is 4.47. The molecule has 0 N–H and O–H groups in total. The second-order valence-electron chi connectivity index (χ2n) is 2.85. The van der Waals surface area contributed by atoms with Crippen molar-refractivity contribution in [3.63, 3.8) is 0 Å². The van der Waals surface area contributed by atoms with Gasteiger partial charge in [0, 0.05) is 14.2 Å². The number of benzene rings is 1. The molecule has 74 valence electrons. The first-order valence-electron chi connectivity index (χ1n) is 4.22. The molecule has 0 aliphatic rings. The molecule has 0 radical (unpaired) electrons. The SMILES string of the molecule is COCOC.Cc1ccc(C)cc1. The quantitative estimate of drug-likeness (QED) is 0.654. The van der Waals surface area contributed by atoms with Gasteiger partial charge in [0.2, 0.25) is 0 Å². The smallest absolute Gasteiger partial charge is 0.145 e. The highest BCUT2D eigenvalue weighted by Gasteiger charge is 1.79. The molecule has 0 fully saturated rings. The van der Waals surface area contributed by atoms with Crippen LogP contribution in [0.5, 0.6) is 0 Å². The molecule has 13 heavy (non-hydrogen) atoms. The summed E-state index contributed by atoms with van der Waals surface area (Å²) in [5.41, 5.74) is 2.66. The third kappa shape index (κ3) is 7.50. The standard InChI is InChI=1S/C8H10.C3H8O2/c1-7-3-5-8(2)6-4-7;1-4-3-5-2/h3-6H,1-2H3;3H2,1-2H3. The molecule has 0 aliphatic carbocycles. The van der Waals surface area contributed by atoms with Crippen molar-refractivity contribution in [3.8, 4) is 0 Å². The molecule has 2 nitrogen and oxygen atoms in total. The van der Waals surface area contributed by atoms with Crippen LogP contribution in [0.2, 0.25) is 0 Å². The molecule has 0 heterocycles. The maximum atomic E-state index is 4.47. The van der Waals surface area contributed by atoms with Crippen LogP contribution in [0.1, 0.15) is 11.1 Å². The van der Waals surface area contributed by atoms with Crippen LogP contribution in [0.4, 0.5) is 0 Å². The fraction of sp³-hybridized carbons (Fsp3) is 0.455. The molecule has 0 saturated carbocycles. The van der Waals surface area contributed by atoms with Gasteiger partial charge in [0.05, 0.1) is 0 Å². The Morgan fingerprint density at radius 3 is 1.31 bits per heavy atom. The van der Waals surface area contributed by atoms with Crippen LogP contribution in [-0.2, 0) is 9.47 Å². The summed E-state index contributed by atoms with van der Waals surface area (Å²) in [4.78, 5) is 0. The van der Waals surface area contributed by atoms with E-state index in [2.05, 4.69) is 47.6 Å². The van der Waals surface area contributed by atoms with Crippen LogP contribution >= 0.6 is 0 Å². The molecule has 1 aromatic rings. The number of aryl methyl sites for hydroxylation is 2. The Morgan fingerprint density at radius 2 is 1.15 bits per heavy atom. The summed E-state index contributed by atoms with van der Waals surface area (Å²) in [6.07, 6.45) is 0. The first-order valence-corrected chi connectivity index (χ1v) is 4.22. The Morgan fingerprint density at radius 1 is 0.846 bits per heavy atom. The van der Waals surface area contributed by atoms with Crippen LogP contribution < -0.4 is 0 Å². The van der Waals surface area contributed by atoms with Gasteiger partial charge in [-0.1, -0.05) is 35.4 Å². The third-order valence-electron chi connectivity index (χ3n) is 1.45. The van der Waals surface area contributed by atoms with Gasteiger partial charge in [0.25, 0.3) is 0 Å². The topological polar surface area (TPSA) is 18.5 Å². The minimum Gasteiger partial charge on any atom is -0.359 e. The summed E-state index contributed by atoms with van der Waals surface area (Å²) in [7, 11) is 3.17. The second-order valence-corrected chi connectivity index (χ2v) is 2.85. The van der Waals surface area contributed by atoms with Gasteiger partial charge in [0.1, 0.15) is 6.79 Å². The van der Waals surface area contributed by atoms with Crippen molar-refractivity contribution in [1.29, 1.82) is 0 Å². The van der Waals surface area contributed by atoms with Gasteiger partial charge in [0.15, 0.2) is 0 Å². The van der Waals surface area contributed by atoms with Crippen LogP contribution in [0.15, 0.2) is 24.3 Å². The predicted molar refractivity (Wildman–Crippen MR) is 54.8 cm³/mol. The van der Waals surface area contributed by atoms with Gasteiger partial charge in [-0.25, -0.2) is 0 Å². The van der Waals surface area contributed by atoms with Crippen molar-refractivity contribution >= 4 is 0 Å². The molecule has 0 saturated heterocycles. The lowest BCUT2D eigenvalue weighted by molar-refractivity contribution is -0.00271. The fourth-order valence-electron chi connectivity index (χ4n) is 0.755. The van der Waals surface area contributed by atoms with Crippen LogP contribution in [-0.4, -0.2) is 21.0 Å². The van der Waals surface area contributed by atoms with E-state index in [9.17, 15) is 0 Å². The van der Waals surface area contributed by atoms with Crippen LogP contribution in [0.25, 0.3) is 0 Å².